The molecule has 0 aromatic carbocycles. The van der Waals surface area contributed by atoms with E-state index in [1.807, 2.05) is 35.7 Å². The lowest BCUT2D eigenvalue weighted by Gasteiger charge is -2.32. The Kier molecular flexibility index (Phi) is 3.77. The Morgan fingerprint density at radius 1 is 1.52 bits per heavy atom. The molecule has 0 spiro atoms. The van der Waals surface area contributed by atoms with Crippen molar-refractivity contribution in [2.24, 2.45) is 0 Å². The highest BCUT2D eigenvalue weighted by atomic mass is 16.2. The van der Waals surface area contributed by atoms with Crippen molar-refractivity contribution < 1.29 is 4.79 Å². The van der Waals surface area contributed by atoms with E-state index in [1.54, 1.807) is 6.20 Å². The summed E-state index contributed by atoms with van der Waals surface area (Å²) in [6.07, 6.45) is 5.75. The first kappa shape index (κ1) is 13.9. The Hall–Kier alpha value is -2.11. The molecular formula is C15H21N5O. The Bertz CT molecular complexity index is 616. The molecule has 1 aliphatic rings. The van der Waals surface area contributed by atoms with Crippen molar-refractivity contribution in [3.8, 4) is 0 Å². The standard InChI is InChI=1S/C15H21N5O/c1-3-20-10-13(11(2)18-20)15(21)19-8-4-5-12(9-19)14-6-7-16-17-14/h6-7,10,12H,3-5,8-9H2,1-2H3,(H,16,17)/t12-/m1/s1. The first-order valence-corrected chi connectivity index (χ1v) is 7.51. The third kappa shape index (κ3) is 2.70. The highest BCUT2D eigenvalue weighted by Crippen LogP contribution is 2.26. The van der Waals surface area contributed by atoms with Crippen LogP contribution in [0.15, 0.2) is 18.5 Å². The number of amides is 1. The topological polar surface area (TPSA) is 66.8 Å². The van der Waals surface area contributed by atoms with Gasteiger partial charge in [-0.05, 0) is 32.8 Å². The number of carbonyl (C=O) groups excluding carboxylic acids is 1. The molecule has 0 aliphatic carbocycles. The summed E-state index contributed by atoms with van der Waals surface area (Å²) < 4.78 is 1.82. The third-order valence-corrected chi connectivity index (χ3v) is 4.17. The van der Waals surface area contributed by atoms with E-state index >= 15 is 0 Å². The van der Waals surface area contributed by atoms with Crippen LogP contribution in [0.3, 0.4) is 0 Å². The zero-order chi connectivity index (χ0) is 14.8. The molecule has 0 saturated carbocycles. The number of aromatic nitrogens is 4. The van der Waals surface area contributed by atoms with E-state index in [4.69, 9.17) is 0 Å². The molecule has 1 aliphatic heterocycles. The number of piperidine rings is 1. The van der Waals surface area contributed by atoms with Gasteiger partial charge in [-0.2, -0.15) is 10.2 Å². The molecule has 1 amide bonds. The first-order chi connectivity index (χ1) is 10.2. The van der Waals surface area contributed by atoms with Gasteiger partial charge in [0.2, 0.25) is 0 Å². The Morgan fingerprint density at radius 3 is 3.05 bits per heavy atom. The summed E-state index contributed by atoms with van der Waals surface area (Å²) in [4.78, 5) is 14.7. The lowest BCUT2D eigenvalue weighted by molar-refractivity contribution is 0.0705. The van der Waals surface area contributed by atoms with Crippen LogP contribution in [-0.2, 0) is 6.54 Å². The van der Waals surface area contributed by atoms with Gasteiger partial charge >= 0.3 is 0 Å². The number of carbonyl (C=O) groups is 1. The normalized spacial score (nSPS) is 19.0. The lowest BCUT2D eigenvalue weighted by atomic mass is 9.94. The molecule has 0 bridgehead atoms. The Balaban J connectivity index is 1.76. The maximum absolute atomic E-state index is 12.7. The van der Waals surface area contributed by atoms with Crippen LogP contribution in [0.5, 0.6) is 0 Å². The third-order valence-electron chi connectivity index (χ3n) is 4.17. The summed E-state index contributed by atoms with van der Waals surface area (Å²) in [5.74, 6) is 0.447. The molecule has 1 atom stereocenters. The van der Waals surface area contributed by atoms with Gasteiger partial charge in [-0.15, -0.1) is 0 Å². The maximum Gasteiger partial charge on any atom is 0.257 e. The molecule has 0 radical (unpaired) electrons. The zero-order valence-corrected chi connectivity index (χ0v) is 12.5. The average molecular weight is 287 g/mol. The number of nitrogens with one attached hydrogen (secondary N) is 1. The molecule has 112 valence electrons. The molecule has 3 heterocycles. The van der Waals surface area contributed by atoms with Crippen LogP contribution in [0, 0.1) is 6.92 Å². The van der Waals surface area contributed by atoms with Crippen molar-refractivity contribution in [3.63, 3.8) is 0 Å². The van der Waals surface area contributed by atoms with Gasteiger partial charge in [0.15, 0.2) is 0 Å². The number of aryl methyl sites for hydroxylation is 2. The molecule has 6 heteroatoms. The largest absolute Gasteiger partial charge is 0.338 e. The lowest BCUT2D eigenvalue weighted by Crippen LogP contribution is -2.39. The van der Waals surface area contributed by atoms with E-state index in [0.717, 1.165) is 49.4 Å². The molecule has 3 rings (SSSR count). The van der Waals surface area contributed by atoms with Crippen LogP contribution < -0.4 is 0 Å². The summed E-state index contributed by atoms with van der Waals surface area (Å²) in [6.45, 7) is 6.27. The summed E-state index contributed by atoms with van der Waals surface area (Å²) in [5, 5.41) is 11.4. The Morgan fingerprint density at radius 2 is 2.38 bits per heavy atom. The average Bonchev–Trinajstić information content (AvgIpc) is 3.16. The van der Waals surface area contributed by atoms with Crippen LogP contribution in [0.25, 0.3) is 0 Å². The molecule has 6 nitrogen and oxygen atoms in total. The van der Waals surface area contributed by atoms with Gasteiger partial charge in [-0.25, -0.2) is 0 Å². The van der Waals surface area contributed by atoms with Crippen molar-refractivity contribution >= 4 is 5.91 Å². The van der Waals surface area contributed by atoms with Gasteiger partial charge in [-0.3, -0.25) is 14.6 Å². The minimum absolute atomic E-state index is 0.0939. The second-order valence-corrected chi connectivity index (χ2v) is 5.59. The van der Waals surface area contributed by atoms with Crippen LogP contribution in [0.2, 0.25) is 0 Å². The fourth-order valence-corrected chi connectivity index (χ4v) is 2.97. The van der Waals surface area contributed by atoms with E-state index in [9.17, 15) is 4.79 Å². The van der Waals surface area contributed by atoms with Gasteiger partial charge < -0.3 is 4.90 Å². The fourth-order valence-electron chi connectivity index (χ4n) is 2.97. The molecule has 2 aromatic heterocycles. The Labute approximate surface area is 124 Å². The number of aromatic amines is 1. The number of hydrogen-bond donors (Lipinski definition) is 1. The van der Waals surface area contributed by atoms with E-state index in [-0.39, 0.29) is 5.91 Å². The summed E-state index contributed by atoms with van der Waals surface area (Å²) in [5.41, 5.74) is 2.65. The fraction of sp³-hybridized carbons (Fsp3) is 0.533. The van der Waals surface area contributed by atoms with Gasteiger partial charge in [0.25, 0.3) is 5.91 Å². The maximum atomic E-state index is 12.7. The van der Waals surface area contributed by atoms with Crippen molar-refractivity contribution in [2.75, 3.05) is 13.1 Å². The SMILES string of the molecule is CCn1cc(C(=O)N2CCC[C@@H](c3ccn[nH]3)C2)c(C)n1. The second kappa shape index (κ2) is 5.71. The van der Waals surface area contributed by atoms with Crippen LogP contribution in [0.1, 0.15) is 47.4 Å². The number of likely N-dealkylation sites (tertiary alicyclic amines) is 1. The second-order valence-electron chi connectivity index (χ2n) is 5.59. The number of nitrogens with zero attached hydrogens (tertiary/aromatic N) is 4. The zero-order valence-electron chi connectivity index (χ0n) is 12.5. The summed E-state index contributed by atoms with van der Waals surface area (Å²) >= 11 is 0. The molecule has 0 unspecified atom stereocenters. The minimum Gasteiger partial charge on any atom is -0.338 e. The molecule has 2 aromatic rings. The predicted molar refractivity (Wildman–Crippen MR) is 79.1 cm³/mol. The molecule has 1 N–H and O–H groups in total. The number of H-pyrrole nitrogens is 1. The van der Waals surface area contributed by atoms with Gasteiger partial charge in [0, 0.05) is 43.6 Å². The smallest absolute Gasteiger partial charge is 0.257 e. The quantitative estimate of drug-likeness (QED) is 0.938. The predicted octanol–water partition coefficient (Wildman–Crippen LogP) is 1.95. The van der Waals surface area contributed by atoms with Gasteiger partial charge in [-0.1, -0.05) is 0 Å². The molecule has 1 saturated heterocycles. The molecule has 21 heavy (non-hydrogen) atoms. The molecular weight excluding hydrogens is 266 g/mol. The van der Waals surface area contributed by atoms with E-state index in [0.29, 0.717) is 5.92 Å². The van der Waals surface area contributed by atoms with E-state index < -0.39 is 0 Å². The van der Waals surface area contributed by atoms with E-state index in [2.05, 4.69) is 15.3 Å². The number of hydrogen-bond acceptors (Lipinski definition) is 3. The van der Waals surface area contributed by atoms with Crippen LogP contribution in [0.4, 0.5) is 0 Å². The van der Waals surface area contributed by atoms with E-state index in [1.165, 1.54) is 0 Å². The number of rotatable bonds is 3. The monoisotopic (exact) mass is 287 g/mol. The molecule has 1 fully saturated rings. The van der Waals surface area contributed by atoms with Crippen LogP contribution in [-0.4, -0.2) is 43.9 Å². The van der Waals surface area contributed by atoms with Crippen molar-refractivity contribution in [3.05, 3.63) is 35.4 Å². The summed E-state index contributed by atoms with van der Waals surface area (Å²) in [6, 6.07) is 2.00. The van der Waals surface area contributed by atoms with Crippen molar-refractivity contribution in [2.45, 2.75) is 39.2 Å². The van der Waals surface area contributed by atoms with Gasteiger partial charge in [0.1, 0.15) is 0 Å². The van der Waals surface area contributed by atoms with Gasteiger partial charge in [0.05, 0.1) is 11.3 Å². The van der Waals surface area contributed by atoms with Crippen LogP contribution >= 0.6 is 0 Å². The first-order valence-electron chi connectivity index (χ1n) is 7.51. The summed E-state index contributed by atoms with van der Waals surface area (Å²) in [7, 11) is 0. The van der Waals surface area contributed by atoms with Crippen molar-refractivity contribution in [1.29, 1.82) is 0 Å². The highest BCUT2D eigenvalue weighted by Gasteiger charge is 2.27. The van der Waals surface area contributed by atoms with Crippen molar-refractivity contribution in [1.82, 2.24) is 24.9 Å². The minimum atomic E-state index is 0.0939. The highest BCUT2D eigenvalue weighted by molar-refractivity contribution is 5.95.